The first kappa shape index (κ1) is 22.9. The van der Waals surface area contributed by atoms with E-state index in [1.54, 1.807) is 30.3 Å². The van der Waals surface area contributed by atoms with Gasteiger partial charge in [0.25, 0.3) is 5.91 Å². The molecular formula is C28H23N3O2S. The second-order valence-corrected chi connectivity index (χ2v) is 8.00. The molecule has 0 spiro atoms. The molecule has 4 aromatic carbocycles. The van der Waals surface area contributed by atoms with Crippen LogP contribution in [0, 0.1) is 0 Å². The fraction of sp³-hybridized carbons (Fsp3) is 0.0357. The summed E-state index contributed by atoms with van der Waals surface area (Å²) in [5.41, 5.74) is 3.19. The van der Waals surface area contributed by atoms with Crippen LogP contribution in [0.3, 0.4) is 0 Å². The average molecular weight is 466 g/mol. The molecule has 0 unspecified atom stereocenters. The van der Waals surface area contributed by atoms with E-state index in [4.69, 9.17) is 12.2 Å². The highest BCUT2D eigenvalue weighted by molar-refractivity contribution is 7.80. The number of anilines is 1. The molecule has 34 heavy (non-hydrogen) atoms. The van der Waals surface area contributed by atoms with E-state index < -0.39 is 0 Å². The molecule has 5 nitrogen and oxygen atoms in total. The Bertz CT molecular complexity index is 1340. The fourth-order valence-electron chi connectivity index (χ4n) is 3.46. The predicted molar refractivity (Wildman–Crippen MR) is 141 cm³/mol. The van der Waals surface area contributed by atoms with Crippen LogP contribution in [-0.2, 0) is 11.3 Å². The number of amides is 2. The minimum atomic E-state index is -0.331. The Morgan fingerprint density at radius 3 is 2.29 bits per heavy atom. The lowest BCUT2D eigenvalue weighted by atomic mass is 10.0. The molecule has 0 atom stereocenters. The van der Waals surface area contributed by atoms with Crippen LogP contribution < -0.4 is 16.0 Å². The molecule has 0 aliphatic carbocycles. The van der Waals surface area contributed by atoms with Crippen molar-refractivity contribution in [2.75, 3.05) is 5.32 Å². The summed E-state index contributed by atoms with van der Waals surface area (Å²) >= 11 is 5.24. The summed E-state index contributed by atoms with van der Waals surface area (Å²) < 4.78 is 0. The topological polar surface area (TPSA) is 70.2 Å². The smallest absolute Gasteiger partial charge is 0.251 e. The molecule has 6 heteroatoms. The molecule has 0 heterocycles. The van der Waals surface area contributed by atoms with Gasteiger partial charge in [0, 0.05) is 23.9 Å². The van der Waals surface area contributed by atoms with Crippen LogP contribution in [0.15, 0.2) is 103 Å². The number of rotatable bonds is 6. The SMILES string of the molecule is O=C(/C=C/c1cccc2ccccc12)NC(=S)Nc1ccc(C(=O)NCc2ccccc2)cc1. The molecule has 0 fully saturated rings. The van der Waals surface area contributed by atoms with Crippen molar-refractivity contribution in [2.24, 2.45) is 0 Å². The number of carbonyl (C=O) groups excluding carboxylic acids is 2. The average Bonchev–Trinajstić information content (AvgIpc) is 2.87. The third-order valence-electron chi connectivity index (χ3n) is 5.18. The van der Waals surface area contributed by atoms with Gasteiger partial charge < -0.3 is 10.6 Å². The summed E-state index contributed by atoms with van der Waals surface area (Å²) in [5, 5.41) is 10.8. The first-order valence-corrected chi connectivity index (χ1v) is 11.2. The van der Waals surface area contributed by atoms with Gasteiger partial charge in [-0.05, 0) is 64.5 Å². The zero-order valence-corrected chi connectivity index (χ0v) is 19.1. The van der Waals surface area contributed by atoms with Crippen molar-refractivity contribution in [2.45, 2.75) is 6.54 Å². The molecular weight excluding hydrogens is 442 g/mol. The third-order valence-corrected chi connectivity index (χ3v) is 5.38. The molecule has 0 aliphatic rings. The van der Waals surface area contributed by atoms with Crippen molar-refractivity contribution in [3.63, 3.8) is 0 Å². The Hall–Kier alpha value is -4.29. The van der Waals surface area contributed by atoms with Crippen LogP contribution in [0.1, 0.15) is 21.5 Å². The van der Waals surface area contributed by atoms with Gasteiger partial charge in [0.1, 0.15) is 0 Å². The predicted octanol–water partition coefficient (Wildman–Crippen LogP) is 5.30. The van der Waals surface area contributed by atoms with Gasteiger partial charge in [-0.25, -0.2) is 0 Å². The van der Waals surface area contributed by atoms with Crippen molar-refractivity contribution >= 4 is 51.7 Å². The van der Waals surface area contributed by atoms with Crippen LogP contribution in [0.4, 0.5) is 5.69 Å². The number of benzene rings is 4. The second kappa shape index (κ2) is 11.0. The van der Waals surface area contributed by atoms with Crippen LogP contribution in [0.5, 0.6) is 0 Å². The molecule has 0 saturated carbocycles. The Balaban J connectivity index is 1.29. The molecule has 0 radical (unpaired) electrons. The van der Waals surface area contributed by atoms with Gasteiger partial charge in [0.05, 0.1) is 0 Å². The summed E-state index contributed by atoms with van der Waals surface area (Å²) in [4.78, 5) is 24.7. The van der Waals surface area contributed by atoms with Crippen molar-refractivity contribution in [3.8, 4) is 0 Å². The third kappa shape index (κ3) is 6.15. The summed E-state index contributed by atoms with van der Waals surface area (Å²) in [6, 6.07) is 30.5. The highest BCUT2D eigenvalue weighted by Gasteiger charge is 2.07. The quantitative estimate of drug-likeness (QED) is 0.267. The number of hydrogen-bond acceptors (Lipinski definition) is 3. The monoisotopic (exact) mass is 465 g/mol. The lowest BCUT2D eigenvalue weighted by Gasteiger charge is -2.09. The van der Waals surface area contributed by atoms with Gasteiger partial charge in [-0.2, -0.15) is 0 Å². The number of carbonyl (C=O) groups is 2. The lowest BCUT2D eigenvalue weighted by molar-refractivity contribution is -0.115. The van der Waals surface area contributed by atoms with Gasteiger partial charge in [-0.15, -0.1) is 0 Å². The van der Waals surface area contributed by atoms with E-state index in [2.05, 4.69) is 16.0 Å². The summed E-state index contributed by atoms with van der Waals surface area (Å²) in [6.45, 7) is 0.460. The maximum Gasteiger partial charge on any atom is 0.251 e. The molecule has 3 N–H and O–H groups in total. The van der Waals surface area contributed by atoms with Crippen LogP contribution >= 0.6 is 12.2 Å². The van der Waals surface area contributed by atoms with E-state index in [1.165, 1.54) is 6.08 Å². The van der Waals surface area contributed by atoms with Gasteiger partial charge in [0.15, 0.2) is 5.11 Å². The number of fused-ring (bicyclic) bond motifs is 1. The summed E-state index contributed by atoms with van der Waals surface area (Å²) in [5.74, 6) is -0.493. The van der Waals surface area contributed by atoms with Gasteiger partial charge >= 0.3 is 0 Å². The second-order valence-electron chi connectivity index (χ2n) is 7.59. The molecule has 4 aromatic rings. The minimum Gasteiger partial charge on any atom is -0.348 e. The minimum absolute atomic E-state index is 0.162. The molecule has 4 rings (SSSR count). The largest absolute Gasteiger partial charge is 0.348 e. The van der Waals surface area contributed by atoms with E-state index in [0.29, 0.717) is 17.8 Å². The van der Waals surface area contributed by atoms with E-state index in [-0.39, 0.29) is 16.9 Å². The molecule has 0 saturated heterocycles. The maximum absolute atomic E-state index is 12.3. The van der Waals surface area contributed by atoms with E-state index in [1.807, 2.05) is 72.8 Å². The van der Waals surface area contributed by atoms with Gasteiger partial charge in [-0.3, -0.25) is 14.9 Å². The van der Waals surface area contributed by atoms with Crippen LogP contribution in [-0.4, -0.2) is 16.9 Å². The fourth-order valence-corrected chi connectivity index (χ4v) is 3.68. The molecule has 0 aliphatic heterocycles. The highest BCUT2D eigenvalue weighted by atomic mass is 32.1. The maximum atomic E-state index is 12.3. The van der Waals surface area contributed by atoms with Crippen molar-refractivity contribution in [3.05, 3.63) is 120 Å². The van der Waals surface area contributed by atoms with E-state index in [0.717, 1.165) is 21.9 Å². The Morgan fingerprint density at radius 2 is 1.50 bits per heavy atom. The van der Waals surface area contributed by atoms with Crippen LogP contribution in [0.2, 0.25) is 0 Å². The highest BCUT2D eigenvalue weighted by Crippen LogP contribution is 2.19. The number of thiocarbonyl (C=S) groups is 1. The Kier molecular flexibility index (Phi) is 7.42. The van der Waals surface area contributed by atoms with Crippen molar-refractivity contribution < 1.29 is 9.59 Å². The Morgan fingerprint density at radius 1 is 0.794 bits per heavy atom. The molecule has 2 amide bonds. The van der Waals surface area contributed by atoms with Crippen LogP contribution in [0.25, 0.3) is 16.8 Å². The van der Waals surface area contributed by atoms with E-state index in [9.17, 15) is 9.59 Å². The molecule has 0 bridgehead atoms. The lowest BCUT2D eigenvalue weighted by Crippen LogP contribution is -2.32. The summed E-state index contributed by atoms with van der Waals surface area (Å²) in [7, 11) is 0. The number of hydrogen-bond donors (Lipinski definition) is 3. The normalized spacial score (nSPS) is 10.7. The first-order valence-electron chi connectivity index (χ1n) is 10.8. The first-order chi connectivity index (χ1) is 16.6. The summed E-state index contributed by atoms with van der Waals surface area (Å²) in [6.07, 6.45) is 3.22. The van der Waals surface area contributed by atoms with Crippen molar-refractivity contribution in [1.29, 1.82) is 0 Å². The zero-order valence-electron chi connectivity index (χ0n) is 18.3. The Labute approximate surface area is 203 Å². The molecule has 0 aromatic heterocycles. The standard InChI is InChI=1S/C28H23N3O2S/c32-26(18-15-22-11-6-10-21-9-4-5-12-25(21)22)31-28(34)30-24-16-13-23(14-17-24)27(33)29-19-20-7-2-1-3-8-20/h1-18H,19H2,(H,29,33)(H2,30,31,32,34)/b18-15+. The van der Waals surface area contributed by atoms with Gasteiger partial charge in [0.2, 0.25) is 5.91 Å². The zero-order chi connectivity index (χ0) is 23.8. The van der Waals surface area contributed by atoms with E-state index >= 15 is 0 Å². The molecule has 168 valence electrons. The number of nitrogens with one attached hydrogen (secondary N) is 3. The van der Waals surface area contributed by atoms with Gasteiger partial charge in [-0.1, -0.05) is 72.8 Å². The van der Waals surface area contributed by atoms with Crippen molar-refractivity contribution in [1.82, 2.24) is 10.6 Å².